The number of ether oxygens (including phenoxy) is 1. The van der Waals surface area contributed by atoms with Crippen molar-refractivity contribution in [3.8, 4) is 5.75 Å². The molecule has 2 rings (SSSR count). The molecule has 0 saturated heterocycles. The highest BCUT2D eigenvalue weighted by Gasteiger charge is 2.20. The Hall–Kier alpha value is -2.77. The lowest BCUT2D eigenvalue weighted by Gasteiger charge is -2.12. The SMILES string of the molecule is COc1ccccc1C(=O)NNc1c(F)c(F)cc(F)c1F. The van der Waals surface area contributed by atoms with Gasteiger partial charge in [0.1, 0.15) is 11.4 Å². The van der Waals surface area contributed by atoms with E-state index in [4.69, 9.17) is 4.74 Å². The van der Waals surface area contributed by atoms with Gasteiger partial charge in [-0.3, -0.25) is 15.6 Å². The average Bonchev–Trinajstić information content (AvgIpc) is 2.52. The monoisotopic (exact) mass is 314 g/mol. The minimum Gasteiger partial charge on any atom is -0.496 e. The summed E-state index contributed by atoms with van der Waals surface area (Å²) in [5.41, 5.74) is 2.70. The van der Waals surface area contributed by atoms with Gasteiger partial charge < -0.3 is 4.74 Å². The Kier molecular flexibility index (Phi) is 4.50. The number of anilines is 1. The fourth-order valence-electron chi connectivity index (χ4n) is 1.70. The van der Waals surface area contributed by atoms with Crippen LogP contribution in [0.15, 0.2) is 30.3 Å². The van der Waals surface area contributed by atoms with Gasteiger partial charge in [-0.15, -0.1) is 0 Å². The van der Waals surface area contributed by atoms with Crippen LogP contribution in [0.3, 0.4) is 0 Å². The van der Waals surface area contributed by atoms with Gasteiger partial charge in [-0.05, 0) is 12.1 Å². The van der Waals surface area contributed by atoms with Crippen LogP contribution in [0, 0.1) is 23.3 Å². The summed E-state index contributed by atoms with van der Waals surface area (Å²) in [6.07, 6.45) is 0. The number of nitrogens with one attached hydrogen (secondary N) is 2. The quantitative estimate of drug-likeness (QED) is 0.518. The van der Waals surface area contributed by atoms with E-state index in [1.54, 1.807) is 12.1 Å². The average molecular weight is 314 g/mol. The maximum Gasteiger partial charge on any atom is 0.273 e. The molecule has 0 saturated carbocycles. The van der Waals surface area contributed by atoms with Crippen molar-refractivity contribution in [3.63, 3.8) is 0 Å². The first-order chi connectivity index (χ1) is 10.5. The van der Waals surface area contributed by atoms with Crippen LogP contribution >= 0.6 is 0 Å². The minimum atomic E-state index is -1.65. The summed E-state index contributed by atoms with van der Waals surface area (Å²) in [6.45, 7) is 0. The first kappa shape index (κ1) is 15.6. The first-order valence-electron chi connectivity index (χ1n) is 5.98. The molecule has 0 fully saturated rings. The summed E-state index contributed by atoms with van der Waals surface area (Å²) in [6, 6.07) is 6.12. The van der Waals surface area contributed by atoms with Gasteiger partial charge in [-0.25, -0.2) is 17.6 Å². The number of hydrogen-bond acceptors (Lipinski definition) is 3. The molecule has 0 heterocycles. The normalized spacial score (nSPS) is 10.2. The standard InChI is InChI=1S/C14H10F4N2O2/c1-22-10-5-3-2-4-7(10)14(21)20-19-13-11(17)8(15)6-9(16)12(13)18/h2-6,19H,1H3,(H,20,21). The van der Waals surface area contributed by atoms with Crippen LogP contribution in [-0.4, -0.2) is 13.0 Å². The zero-order valence-electron chi connectivity index (χ0n) is 11.2. The zero-order chi connectivity index (χ0) is 16.3. The third-order valence-corrected chi connectivity index (χ3v) is 2.76. The Morgan fingerprint density at radius 2 is 1.64 bits per heavy atom. The first-order valence-corrected chi connectivity index (χ1v) is 5.98. The number of rotatable bonds is 4. The van der Waals surface area contributed by atoms with Gasteiger partial charge in [0.05, 0.1) is 12.7 Å². The summed E-state index contributed by atoms with van der Waals surface area (Å²) in [4.78, 5) is 11.9. The maximum atomic E-state index is 13.4. The van der Waals surface area contributed by atoms with E-state index in [0.29, 0.717) is 0 Å². The summed E-state index contributed by atoms with van der Waals surface area (Å²) in [7, 11) is 1.33. The van der Waals surface area contributed by atoms with Crippen molar-refractivity contribution in [1.82, 2.24) is 5.43 Å². The van der Waals surface area contributed by atoms with Crippen molar-refractivity contribution in [2.75, 3.05) is 12.5 Å². The molecule has 4 nitrogen and oxygen atoms in total. The van der Waals surface area contributed by atoms with Gasteiger partial charge >= 0.3 is 0 Å². The van der Waals surface area contributed by atoms with Crippen molar-refractivity contribution in [2.24, 2.45) is 0 Å². The molecule has 8 heteroatoms. The second-order valence-electron chi connectivity index (χ2n) is 4.12. The van der Waals surface area contributed by atoms with E-state index < -0.39 is 34.9 Å². The molecule has 0 aromatic heterocycles. The van der Waals surface area contributed by atoms with Crippen LogP contribution in [0.1, 0.15) is 10.4 Å². The minimum absolute atomic E-state index is 0.0650. The fraction of sp³-hybridized carbons (Fsp3) is 0.0714. The molecule has 116 valence electrons. The molecule has 22 heavy (non-hydrogen) atoms. The fourth-order valence-corrected chi connectivity index (χ4v) is 1.70. The summed E-state index contributed by atoms with van der Waals surface area (Å²) >= 11 is 0. The third kappa shape index (κ3) is 2.95. The topological polar surface area (TPSA) is 50.4 Å². The number of carbonyl (C=O) groups excluding carboxylic acids is 1. The lowest BCUT2D eigenvalue weighted by molar-refractivity contribution is 0.0959. The van der Waals surface area contributed by atoms with Gasteiger partial charge in [0.15, 0.2) is 23.3 Å². The van der Waals surface area contributed by atoms with Crippen molar-refractivity contribution in [1.29, 1.82) is 0 Å². The van der Waals surface area contributed by atoms with Crippen LogP contribution in [-0.2, 0) is 0 Å². The molecule has 2 aromatic rings. The van der Waals surface area contributed by atoms with Gasteiger partial charge in [0.2, 0.25) is 0 Å². The molecule has 1 amide bonds. The predicted octanol–water partition coefficient (Wildman–Crippen LogP) is 3.01. The van der Waals surface area contributed by atoms with Gasteiger partial charge in [0, 0.05) is 6.07 Å². The number of para-hydroxylation sites is 1. The number of carbonyl (C=O) groups is 1. The Morgan fingerprint density at radius 1 is 1.05 bits per heavy atom. The van der Waals surface area contributed by atoms with E-state index in [1.807, 2.05) is 10.9 Å². The molecule has 2 N–H and O–H groups in total. The number of amides is 1. The second kappa shape index (κ2) is 6.33. The van der Waals surface area contributed by atoms with Crippen molar-refractivity contribution in [3.05, 3.63) is 59.2 Å². The van der Waals surface area contributed by atoms with E-state index in [0.717, 1.165) is 0 Å². The molecule has 0 atom stereocenters. The highest BCUT2D eigenvalue weighted by molar-refractivity contribution is 5.97. The Labute approximate surface area is 122 Å². The molecule has 0 bridgehead atoms. The van der Waals surface area contributed by atoms with Crippen LogP contribution in [0.2, 0.25) is 0 Å². The summed E-state index contributed by atoms with van der Waals surface area (Å²) in [5.74, 6) is -7.08. The van der Waals surface area contributed by atoms with E-state index in [2.05, 4.69) is 0 Å². The highest BCUT2D eigenvalue weighted by Crippen LogP contribution is 2.23. The third-order valence-electron chi connectivity index (χ3n) is 2.76. The van der Waals surface area contributed by atoms with Crippen LogP contribution in [0.25, 0.3) is 0 Å². The smallest absolute Gasteiger partial charge is 0.273 e. The number of methoxy groups -OCH3 is 1. The molecule has 2 aromatic carbocycles. The Bertz CT molecular complexity index is 696. The lowest BCUT2D eigenvalue weighted by Crippen LogP contribution is -2.31. The second-order valence-corrected chi connectivity index (χ2v) is 4.12. The Balaban J connectivity index is 2.22. The van der Waals surface area contributed by atoms with Crippen LogP contribution in [0.5, 0.6) is 5.75 Å². The van der Waals surface area contributed by atoms with E-state index in [1.165, 1.54) is 19.2 Å². The molecule has 0 spiro atoms. The van der Waals surface area contributed by atoms with Gasteiger partial charge in [0.25, 0.3) is 5.91 Å². The van der Waals surface area contributed by atoms with Crippen molar-refractivity contribution < 1.29 is 27.1 Å². The van der Waals surface area contributed by atoms with Crippen molar-refractivity contribution in [2.45, 2.75) is 0 Å². The van der Waals surface area contributed by atoms with Gasteiger partial charge in [-0.2, -0.15) is 0 Å². The molecule has 0 aliphatic carbocycles. The van der Waals surface area contributed by atoms with Crippen LogP contribution in [0.4, 0.5) is 23.2 Å². The number of hydrazine groups is 1. The Morgan fingerprint density at radius 3 is 2.23 bits per heavy atom. The molecule has 0 unspecified atom stereocenters. The predicted molar refractivity (Wildman–Crippen MR) is 70.4 cm³/mol. The number of halogens is 4. The number of hydrogen-bond donors (Lipinski definition) is 2. The molecular formula is C14H10F4N2O2. The highest BCUT2D eigenvalue weighted by atomic mass is 19.2. The molecular weight excluding hydrogens is 304 g/mol. The summed E-state index contributed by atoms with van der Waals surface area (Å²) in [5, 5.41) is 0. The largest absolute Gasteiger partial charge is 0.496 e. The molecule has 0 radical (unpaired) electrons. The van der Waals surface area contributed by atoms with E-state index in [-0.39, 0.29) is 17.4 Å². The molecule has 0 aliphatic rings. The maximum absolute atomic E-state index is 13.4. The van der Waals surface area contributed by atoms with Crippen molar-refractivity contribution >= 4 is 11.6 Å². The lowest BCUT2D eigenvalue weighted by atomic mass is 10.2. The molecule has 0 aliphatic heterocycles. The van der Waals surface area contributed by atoms with Crippen LogP contribution < -0.4 is 15.6 Å². The van der Waals surface area contributed by atoms with E-state index in [9.17, 15) is 22.4 Å². The van der Waals surface area contributed by atoms with Gasteiger partial charge in [-0.1, -0.05) is 12.1 Å². The number of benzene rings is 2. The summed E-state index contributed by atoms with van der Waals surface area (Å²) < 4.78 is 57.9. The van der Waals surface area contributed by atoms with E-state index >= 15 is 0 Å². The zero-order valence-corrected chi connectivity index (χ0v) is 11.2.